The molecule has 1 atom stereocenters. The molecule has 2 aliphatic rings. The van der Waals surface area contributed by atoms with Crippen LogP contribution in [0.1, 0.15) is 74.0 Å². The maximum atomic E-state index is 15.0. The van der Waals surface area contributed by atoms with Crippen molar-refractivity contribution in [1.29, 1.82) is 0 Å². The van der Waals surface area contributed by atoms with Gasteiger partial charge in [-0.3, -0.25) is 9.59 Å². The average Bonchev–Trinajstić information content (AvgIpc) is 3.24. The van der Waals surface area contributed by atoms with Gasteiger partial charge >= 0.3 is 0 Å². The Labute approximate surface area is 265 Å². The summed E-state index contributed by atoms with van der Waals surface area (Å²) in [7, 11) is 3.24. The van der Waals surface area contributed by atoms with Crippen molar-refractivity contribution in [2.24, 2.45) is 0 Å². The molecule has 3 aromatic carbocycles. The summed E-state index contributed by atoms with van der Waals surface area (Å²) in [5.41, 5.74) is 1.56. The number of carbonyl (C=O) groups is 2. The zero-order chi connectivity index (χ0) is 31.6. The van der Waals surface area contributed by atoms with Crippen molar-refractivity contribution in [2.75, 3.05) is 14.2 Å². The van der Waals surface area contributed by atoms with E-state index in [0.29, 0.717) is 17.2 Å². The lowest BCUT2D eigenvalue weighted by Crippen LogP contribution is -2.63. The van der Waals surface area contributed by atoms with Gasteiger partial charge in [0.2, 0.25) is 0 Å². The molecule has 1 aliphatic carbocycles. The molecule has 2 amide bonds. The van der Waals surface area contributed by atoms with Crippen molar-refractivity contribution in [3.8, 4) is 17.2 Å². The zero-order valence-corrected chi connectivity index (χ0v) is 26.7. The van der Waals surface area contributed by atoms with E-state index < -0.39 is 5.54 Å². The molecule has 6 rings (SSSR count). The Balaban J connectivity index is 1.54. The minimum Gasteiger partial charge on any atom is -0.496 e. The van der Waals surface area contributed by atoms with Gasteiger partial charge in [-0.2, -0.15) is 0 Å². The van der Waals surface area contributed by atoms with Gasteiger partial charge in [0.25, 0.3) is 11.8 Å². The number of aromatic nitrogens is 1. The van der Waals surface area contributed by atoms with E-state index in [1.807, 2.05) is 91.2 Å². The van der Waals surface area contributed by atoms with Gasteiger partial charge in [-0.05, 0) is 68.1 Å². The maximum Gasteiger partial charge on any atom is 0.272 e. The Bertz CT molecular complexity index is 1660. The number of methoxy groups -OCH3 is 2. The van der Waals surface area contributed by atoms with Crippen LogP contribution in [-0.4, -0.2) is 47.6 Å². The fourth-order valence-corrected chi connectivity index (χ4v) is 6.98. The minimum absolute atomic E-state index is 0.0498. The number of hydrogen-bond acceptors (Lipinski definition) is 5. The van der Waals surface area contributed by atoms with E-state index in [1.54, 1.807) is 19.1 Å². The maximum absolute atomic E-state index is 15.0. The number of hydrogen-bond donors (Lipinski definition) is 1. The van der Waals surface area contributed by atoms with Gasteiger partial charge in [-0.15, -0.1) is 0 Å². The predicted octanol–water partition coefficient (Wildman–Crippen LogP) is 6.84. The van der Waals surface area contributed by atoms with Crippen LogP contribution in [0.25, 0.3) is 10.9 Å². The third-order valence-electron chi connectivity index (χ3n) is 9.19. The van der Waals surface area contributed by atoms with Gasteiger partial charge in [-0.1, -0.05) is 68.1 Å². The number of carbonyl (C=O) groups excluding carboxylic acids is 2. The molecule has 4 aromatic rings. The summed E-state index contributed by atoms with van der Waals surface area (Å²) in [6.07, 6.45) is 6.44. The molecule has 1 aliphatic heterocycles. The van der Waals surface area contributed by atoms with Crippen LogP contribution in [0.2, 0.25) is 0 Å². The molecular weight excluding hydrogens is 566 g/mol. The number of fused-ring (bicyclic) bond motifs is 3. The molecule has 2 heterocycles. The molecule has 1 saturated carbocycles. The van der Waals surface area contributed by atoms with Crippen LogP contribution in [0.4, 0.5) is 0 Å². The monoisotopic (exact) mass is 609 g/mol. The molecule has 1 fully saturated rings. The smallest absolute Gasteiger partial charge is 0.272 e. The molecule has 1 N–H and O–H groups in total. The van der Waals surface area contributed by atoms with Gasteiger partial charge < -0.3 is 29.0 Å². The Hall–Kier alpha value is -4.46. The highest BCUT2D eigenvalue weighted by Crippen LogP contribution is 2.44. The lowest BCUT2D eigenvalue weighted by molar-refractivity contribution is -0.136. The van der Waals surface area contributed by atoms with Crippen LogP contribution < -0.4 is 19.5 Å². The lowest BCUT2D eigenvalue weighted by Gasteiger charge is -2.47. The van der Waals surface area contributed by atoms with Gasteiger partial charge in [-0.25, -0.2) is 0 Å². The lowest BCUT2D eigenvalue weighted by atomic mass is 9.83. The van der Waals surface area contributed by atoms with Gasteiger partial charge in [0.1, 0.15) is 22.9 Å². The summed E-state index contributed by atoms with van der Waals surface area (Å²) in [5, 5.41) is 4.20. The molecule has 45 heavy (non-hydrogen) atoms. The topological polar surface area (TPSA) is 82.0 Å². The van der Waals surface area contributed by atoms with Crippen molar-refractivity contribution in [3.05, 3.63) is 89.6 Å². The molecule has 1 unspecified atom stereocenters. The summed E-state index contributed by atoms with van der Waals surface area (Å²) < 4.78 is 19.3. The van der Waals surface area contributed by atoms with Crippen molar-refractivity contribution in [3.63, 3.8) is 0 Å². The van der Waals surface area contributed by atoms with Crippen LogP contribution in [0.3, 0.4) is 0 Å². The molecule has 8 nitrogen and oxygen atoms in total. The molecule has 236 valence electrons. The molecule has 8 heteroatoms. The fraction of sp³-hybridized carbons (Fsp3) is 0.405. The van der Waals surface area contributed by atoms with Crippen LogP contribution in [0, 0.1) is 0 Å². The summed E-state index contributed by atoms with van der Waals surface area (Å²) in [4.78, 5) is 31.6. The predicted molar refractivity (Wildman–Crippen MR) is 175 cm³/mol. The first-order valence-electron chi connectivity index (χ1n) is 16.0. The van der Waals surface area contributed by atoms with E-state index in [9.17, 15) is 9.59 Å². The largest absolute Gasteiger partial charge is 0.496 e. The van der Waals surface area contributed by atoms with Gasteiger partial charge in [0.05, 0.1) is 32.4 Å². The number of nitrogens with zero attached hydrogens (tertiary/aromatic N) is 2. The Morgan fingerprint density at radius 2 is 1.58 bits per heavy atom. The number of amides is 2. The zero-order valence-electron chi connectivity index (χ0n) is 26.7. The highest BCUT2D eigenvalue weighted by Gasteiger charge is 2.53. The van der Waals surface area contributed by atoms with E-state index in [-0.39, 0.29) is 37.0 Å². The second kappa shape index (κ2) is 12.9. The summed E-state index contributed by atoms with van der Waals surface area (Å²) in [6.45, 7) is 4.44. The van der Waals surface area contributed by atoms with Gasteiger partial charge in [0.15, 0.2) is 5.54 Å². The van der Waals surface area contributed by atoms with E-state index in [0.717, 1.165) is 53.5 Å². The Morgan fingerprint density at radius 1 is 0.911 bits per heavy atom. The number of nitrogens with one attached hydrogen (secondary N) is 1. The first kappa shape index (κ1) is 30.6. The van der Waals surface area contributed by atoms with Gasteiger partial charge in [0, 0.05) is 18.0 Å². The molecule has 0 bridgehead atoms. The Kier molecular flexibility index (Phi) is 8.74. The van der Waals surface area contributed by atoms with Crippen molar-refractivity contribution < 1.29 is 23.8 Å². The second-order valence-electron chi connectivity index (χ2n) is 12.4. The van der Waals surface area contributed by atoms with Crippen molar-refractivity contribution >= 4 is 22.7 Å². The van der Waals surface area contributed by atoms with Crippen molar-refractivity contribution in [1.82, 2.24) is 14.8 Å². The molecule has 0 radical (unpaired) electrons. The standard InChI is InChI=1S/C37H43N3O5/c1-25(2)45-29-18-16-26(17-19-29)23-40-35(41)31-22-30-32(43-3)20-21-33(44-4)34(30)39(31)24-37(40,27-12-8-7-9-13-27)36(42)38-28-14-10-5-6-11-15-28/h7-9,12-13,16-22,25,28H,5-6,10-11,14-15,23-24H2,1-4H3,(H,38,42). The van der Waals surface area contributed by atoms with E-state index >= 15 is 0 Å². The normalized spacial score (nSPS) is 18.9. The third kappa shape index (κ3) is 5.74. The molecule has 1 aromatic heterocycles. The average molecular weight is 610 g/mol. The quantitative estimate of drug-likeness (QED) is 0.210. The first-order chi connectivity index (χ1) is 21.8. The summed E-state index contributed by atoms with van der Waals surface area (Å²) in [5.74, 6) is 1.62. The number of ether oxygens (including phenoxy) is 3. The van der Waals surface area contributed by atoms with Crippen LogP contribution in [0.15, 0.2) is 72.8 Å². The number of rotatable bonds is 9. The summed E-state index contributed by atoms with van der Waals surface area (Å²) in [6, 6.07) is 23.1. The third-order valence-corrected chi connectivity index (χ3v) is 9.19. The molecule has 0 saturated heterocycles. The fourth-order valence-electron chi connectivity index (χ4n) is 6.98. The first-order valence-corrected chi connectivity index (χ1v) is 16.0. The molecular formula is C37H43N3O5. The van der Waals surface area contributed by atoms with Crippen molar-refractivity contribution in [2.45, 2.75) is 83.1 Å². The van der Waals surface area contributed by atoms with E-state index in [2.05, 4.69) is 5.32 Å². The summed E-state index contributed by atoms with van der Waals surface area (Å²) >= 11 is 0. The van der Waals surface area contributed by atoms with E-state index in [4.69, 9.17) is 14.2 Å². The Morgan fingerprint density at radius 3 is 2.22 bits per heavy atom. The van der Waals surface area contributed by atoms with Crippen LogP contribution in [-0.2, 0) is 23.4 Å². The van der Waals surface area contributed by atoms with E-state index in [1.165, 1.54) is 12.8 Å². The minimum atomic E-state index is -1.33. The molecule has 0 spiro atoms. The highest BCUT2D eigenvalue weighted by molar-refractivity contribution is 6.06. The number of benzene rings is 3. The van der Waals surface area contributed by atoms with Crippen LogP contribution >= 0.6 is 0 Å². The van der Waals surface area contributed by atoms with Crippen LogP contribution in [0.5, 0.6) is 17.2 Å². The second-order valence-corrected chi connectivity index (χ2v) is 12.4. The highest BCUT2D eigenvalue weighted by atomic mass is 16.5. The SMILES string of the molecule is COc1ccc(OC)c2c1cc1n2CC(C(=O)NC2CCCCCC2)(c2ccccc2)N(Cc2ccc(OC(C)C)cc2)C1=O.